The Morgan fingerprint density at radius 3 is 2.38 bits per heavy atom. The fourth-order valence-electron chi connectivity index (χ4n) is 2.49. The average molecular weight is 292 g/mol. The van der Waals surface area contributed by atoms with Crippen LogP contribution in [0.25, 0.3) is 0 Å². The maximum Gasteiger partial charge on any atom is 0.148 e. The van der Waals surface area contributed by atoms with Crippen molar-refractivity contribution < 1.29 is 0 Å². The largest absolute Gasteiger partial charge is 0.366 e. The van der Waals surface area contributed by atoms with Crippen molar-refractivity contribution in [2.75, 3.05) is 30.4 Å². The van der Waals surface area contributed by atoms with Crippen LogP contribution in [0.15, 0.2) is 0 Å². The Labute approximate surface area is 127 Å². The van der Waals surface area contributed by atoms with E-state index in [-0.39, 0.29) is 0 Å². The van der Waals surface area contributed by atoms with Crippen LogP contribution in [0.3, 0.4) is 0 Å². The van der Waals surface area contributed by atoms with Crippen LogP contribution >= 0.6 is 0 Å². The molecule has 6 heteroatoms. The summed E-state index contributed by atoms with van der Waals surface area (Å²) in [6, 6.07) is 0.330. The number of likely N-dealkylation sites (N-methyl/N-ethyl adjacent to an activating group) is 1. The van der Waals surface area contributed by atoms with Crippen molar-refractivity contribution in [3.05, 3.63) is 11.4 Å². The fraction of sp³-hybridized carbons (Fsp3) is 0.733. The second-order valence-electron chi connectivity index (χ2n) is 5.85. The summed E-state index contributed by atoms with van der Waals surface area (Å²) in [5.41, 5.74) is 3.67. The minimum Gasteiger partial charge on any atom is -0.366 e. The van der Waals surface area contributed by atoms with Crippen molar-refractivity contribution in [1.29, 1.82) is 0 Å². The van der Waals surface area contributed by atoms with Crippen LogP contribution in [0, 0.1) is 6.92 Å². The van der Waals surface area contributed by atoms with E-state index >= 15 is 0 Å². The van der Waals surface area contributed by atoms with Gasteiger partial charge in [-0.1, -0.05) is 13.8 Å². The van der Waals surface area contributed by atoms with Crippen molar-refractivity contribution >= 4 is 11.6 Å². The van der Waals surface area contributed by atoms with Crippen LogP contribution in [-0.4, -0.2) is 40.5 Å². The molecule has 0 radical (unpaired) electrons. The van der Waals surface area contributed by atoms with Crippen LogP contribution in [0.4, 0.5) is 11.6 Å². The first-order chi connectivity index (χ1) is 10.1. The molecule has 0 saturated heterocycles. The van der Waals surface area contributed by atoms with Gasteiger partial charge in [0.05, 0.1) is 0 Å². The molecule has 1 aromatic heterocycles. The summed E-state index contributed by atoms with van der Waals surface area (Å²) in [4.78, 5) is 11.6. The highest BCUT2D eigenvalue weighted by Gasteiger charge is 2.28. The summed E-state index contributed by atoms with van der Waals surface area (Å²) in [5.74, 6) is 8.63. The second-order valence-corrected chi connectivity index (χ2v) is 5.85. The monoisotopic (exact) mass is 292 g/mol. The van der Waals surface area contributed by atoms with E-state index in [0.717, 1.165) is 42.7 Å². The molecule has 0 spiro atoms. The molecule has 1 saturated carbocycles. The predicted molar refractivity (Wildman–Crippen MR) is 87.4 cm³/mol. The highest BCUT2D eigenvalue weighted by atomic mass is 15.3. The molecular weight excluding hydrogens is 264 g/mol. The van der Waals surface area contributed by atoms with Gasteiger partial charge in [-0.15, -0.1) is 0 Å². The SMILES string of the molecule is CCN(CC)CC(C)Nc1nc(C2CC2)nc(NN)c1C. The lowest BCUT2D eigenvalue weighted by atomic mass is 10.2. The molecule has 1 aromatic rings. The number of nitrogens with one attached hydrogen (secondary N) is 2. The Balaban J connectivity index is 2.12. The van der Waals surface area contributed by atoms with Gasteiger partial charge in [0.15, 0.2) is 0 Å². The lowest BCUT2D eigenvalue weighted by molar-refractivity contribution is 0.294. The Morgan fingerprint density at radius 2 is 1.86 bits per heavy atom. The van der Waals surface area contributed by atoms with Crippen molar-refractivity contribution in [3.8, 4) is 0 Å². The third-order valence-corrected chi connectivity index (χ3v) is 4.05. The number of anilines is 2. The smallest absolute Gasteiger partial charge is 0.148 e. The maximum absolute atomic E-state index is 5.59. The Bertz CT molecular complexity index is 467. The molecule has 1 fully saturated rings. The first-order valence-electron chi connectivity index (χ1n) is 7.93. The van der Waals surface area contributed by atoms with Crippen molar-refractivity contribution in [3.63, 3.8) is 0 Å². The van der Waals surface area contributed by atoms with Gasteiger partial charge in [0.1, 0.15) is 17.5 Å². The molecular formula is C15H28N6. The molecule has 1 heterocycles. The Morgan fingerprint density at radius 1 is 1.24 bits per heavy atom. The van der Waals surface area contributed by atoms with E-state index in [0.29, 0.717) is 12.0 Å². The summed E-state index contributed by atoms with van der Waals surface area (Å²) in [6.45, 7) is 11.7. The van der Waals surface area contributed by atoms with Crippen molar-refractivity contribution in [2.24, 2.45) is 5.84 Å². The number of nitrogen functional groups attached to an aromatic ring is 1. The molecule has 0 aromatic carbocycles. The van der Waals surface area contributed by atoms with Crippen molar-refractivity contribution in [2.45, 2.75) is 52.5 Å². The molecule has 1 unspecified atom stereocenters. The van der Waals surface area contributed by atoms with Crippen LogP contribution in [-0.2, 0) is 0 Å². The summed E-state index contributed by atoms with van der Waals surface area (Å²) in [7, 11) is 0. The van der Waals surface area contributed by atoms with Crippen LogP contribution in [0.5, 0.6) is 0 Å². The molecule has 0 amide bonds. The number of nitrogens with two attached hydrogens (primary N) is 1. The van der Waals surface area contributed by atoms with E-state index < -0.39 is 0 Å². The number of aromatic nitrogens is 2. The van der Waals surface area contributed by atoms with Gasteiger partial charge in [-0.25, -0.2) is 15.8 Å². The van der Waals surface area contributed by atoms with Gasteiger partial charge in [0.25, 0.3) is 0 Å². The Kier molecular flexibility index (Phi) is 5.36. The molecule has 4 N–H and O–H groups in total. The average Bonchev–Trinajstić information content (AvgIpc) is 3.31. The predicted octanol–water partition coefficient (Wildman–Crippen LogP) is 2.09. The van der Waals surface area contributed by atoms with Gasteiger partial charge in [0, 0.05) is 24.1 Å². The van der Waals surface area contributed by atoms with Gasteiger partial charge in [-0.2, -0.15) is 0 Å². The van der Waals surface area contributed by atoms with E-state index in [2.05, 4.69) is 41.4 Å². The number of hydrogen-bond donors (Lipinski definition) is 3. The zero-order valence-corrected chi connectivity index (χ0v) is 13.6. The molecule has 1 atom stereocenters. The first kappa shape index (κ1) is 16.0. The molecule has 2 rings (SSSR count). The van der Waals surface area contributed by atoms with E-state index in [1.54, 1.807) is 0 Å². The summed E-state index contributed by atoms with van der Waals surface area (Å²) < 4.78 is 0. The van der Waals surface area contributed by atoms with Crippen LogP contribution < -0.4 is 16.6 Å². The molecule has 118 valence electrons. The van der Waals surface area contributed by atoms with Gasteiger partial charge in [0.2, 0.25) is 0 Å². The summed E-state index contributed by atoms with van der Waals surface area (Å²) >= 11 is 0. The molecule has 1 aliphatic rings. The topological polar surface area (TPSA) is 79.1 Å². The third kappa shape index (κ3) is 4.04. The molecule has 0 aliphatic heterocycles. The van der Waals surface area contributed by atoms with Gasteiger partial charge in [-0.05, 0) is 39.8 Å². The zero-order chi connectivity index (χ0) is 15.4. The van der Waals surface area contributed by atoms with Gasteiger partial charge >= 0.3 is 0 Å². The van der Waals surface area contributed by atoms with E-state index in [4.69, 9.17) is 10.8 Å². The number of nitrogens with zero attached hydrogens (tertiary/aromatic N) is 3. The summed E-state index contributed by atoms with van der Waals surface area (Å²) in [6.07, 6.45) is 2.36. The zero-order valence-electron chi connectivity index (χ0n) is 13.6. The highest BCUT2D eigenvalue weighted by molar-refractivity contribution is 5.57. The van der Waals surface area contributed by atoms with Crippen LogP contribution in [0.1, 0.15) is 50.9 Å². The molecule has 6 nitrogen and oxygen atoms in total. The molecule has 21 heavy (non-hydrogen) atoms. The number of rotatable bonds is 8. The third-order valence-electron chi connectivity index (χ3n) is 4.05. The lowest BCUT2D eigenvalue weighted by Crippen LogP contribution is -2.35. The quantitative estimate of drug-likeness (QED) is 0.503. The van der Waals surface area contributed by atoms with Gasteiger partial charge in [-0.3, -0.25) is 0 Å². The molecule has 1 aliphatic carbocycles. The Hall–Kier alpha value is -1.40. The maximum atomic E-state index is 5.59. The highest BCUT2D eigenvalue weighted by Crippen LogP contribution is 2.39. The van der Waals surface area contributed by atoms with Crippen molar-refractivity contribution in [1.82, 2.24) is 14.9 Å². The minimum absolute atomic E-state index is 0.330. The normalized spacial score (nSPS) is 16.1. The van der Waals surface area contributed by atoms with E-state index in [1.165, 1.54) is 12.8 Å². The minimum atomic E-state index is 0.330. The van der Waals surface area contributed by atoms with Crippen LogP contribution in [0.2, 0.25) is 0 Å². The first-order valence-corrected chi connectivity index (χ1v) is 7.93. The fourth-order valence-corrected chi connectivity index (χ4v) is 2.49. The lowest BCUT2D eigenvalue weighted by Gasteiger charge is -2.24. The van der Waals surface area contributed by atoms with E-state index in [1.807, 2.05) is 6.92 Å². The second kappa shape index (κ2) is 7.04. The standard InChI is InChI=1S/C15H28N6/c1-5-21(6-2)9-10(3)17-13-11(4)14(20-16)19-15(18-13)12-7-8-12/h10,12H,5-9,16H2,1-4H3,(H2,17,18,19,20). The van der Waals surface area contributed by atoms with Gasteiger partial charge < -0.3 is 15.6 Å². The number of hydrazine groups is 1. The summed E-state index contributed by atoms with van der Waals surface area (Å²) in [5, 5.41) is 3.52. The van der Waals surface area contributed by atoms with E-state index in [9.17, 15) is 0 Å². The molecule has 0 bridgehead atoms. The number of hydrogen-bond acceptors (Lipinski definition) is 6.